The maximum atomic E-state index is 5.90. The van der Waals surface area contributed by atoms with Crippen molar-refractivity contribution in [2.45, 2.75) is 20.3 Å². The number of benzene rings is 1. The van der Waals surface area contributed by atoms with Crippen molar-refractivity contribution in [2.75, 3.05) is 5.32 Å². The number of halogens is 1. The first-order chi connectivity index (χ1) is 6.13. The summed E-state index contributed by atoms with van der Waals surface area (Å²) in [5.74, 6) is 0. The van der Waals surface area contributed by atoms with Crippen molar-refractivity contribution in [3.8, 4) is 0 Å². The van der Waals surface area contributed by atoms with Crippen LogP contribution in [-0.4, -0.2) is 0 Å². The van der Waals surface area contributed by atoms with E-state index >= 15 is 0 Å². The van der Waals surface area contributed by atoms with Gasteiger partial charge in [-0.2, -0.15) is 0 Å². The first-order valence-corrected chi connectivity index (χ1v) is 4.72. The van der Waals surface area contributed by atoms with Crippen LogP contribution in [0, 0.1) is 6.92 Å². The zero-order valence-corrected chi connectivity index (χ0v) is 8.78. The van der Waals surface area contributed by atoms with Crippen LogP contribution in [0.1, 0.15) is 18.9 Å². The van der Waals surface area contributed by atoms with Crippen LogP contribution in [-0.2, 0) is 0 Å². The maximum Gasteiger partial charge on any atom is 0.0436 e. The molecule has 0 aliphatic rings. The van der Waals surface area contributed by atoms with E-state index in [1.54, 1.807) is 0 Å². The topological polar surface area (TPSA) is 12.0 Å². The summed E-state index contributed by atoms with van der Waals surface area (Å²) >= 11 is 5.90. The molecule has 0 aliphatic carbocycles. The molecule has 0 fully saturated rings. The third-order valence-electron chi connectivity index (χ3n) is 1.91. The van der Waals surface area contributed by atoms with Gasteiger partial charge in [0.25, 0.3) is 0 Å². The van der Waals surface area contributed by atoms with Crippen LogP contribution in [0.3, 0.4) is 0 Å². The fourth-order valence-electron chi connectivity index (χ4n) is 1.01. The van der Waals surface area contributed by atoms with Crippen LogP contribution < -0.4 is 5.32 Å². The molecule has 1 N–H and O–H groups in total. The third-order valence-corrected chi connectivity index (χ3v) is 2.33. The van der Waals surface area contributed by atoms with Crippen molar-refractivity contribution in [3.05, 3.63) is 41.1 Å². The Labute approximate surface area is 84.4 Å². The lowest BCUT2D eigenvalue weighted by molar-refractivity contribution is 1.11. The number of allylic oxidation sites excluding steroid dienone is 1. The van der Waals surface area contributed by atoms with E-state index in [0.29, 0.717) is 0 Å². The van der Waals surface area contributed by atoms with Crippen LogP contribution in [0.25, 0.3) is 0 Å². The first kappa shape index (κ1) is 10.1. The molecular formula is C11H14ClN. The van der Waals surface area contributed by atoms with E-state index in [4.69, 9.17) is 11.6 Å². The maximum absolute atomic E-state index is 5.90. The van der Waals surface area contributed by atoms with E-state index in [-0.39, 0.29) is 0 Å². The van der Waals surface area contributed by atoms with E-state index in [1.807, 2.05) is 25.1 Å². The van der Waals surface area contributed by atoms with E-state index in [1.165, 1.54) is 0 Å². The molecular weight excluding hydrogens is 182 g/mol. The molecule has 0 atom stereocenters. The molecule has 70 valence electrons. The molecule has 0 spiro atoms. The molecule has 1 rings (SSSR count). The largest absolute Gasteiger partial charge is 0.359 e. The highest BCUT2D eigenvalue weighted by molar-refractivity contribution is 6.31. The lowest BCUT2D eigenvalue weighted by Gasteiger charge is -2.08. The Morgan fingerprint density at radius 3 is 2.77 bits per heavy atom. The van der Waals surface area contributed by atoms with Gasteiger partial charge in [-0.15, -0.1) is 0 Å². The Hall–Kier alpha value is -0.950. The zero-order valence-electron chi connectivity index (χ0n) is 8.02. The van der Waals surface area contributed by atoms with Gasteiger partial charge < -0.3 is 5.32 Å². The van der Waals surface area contributed by atoms with Crippen molar-refractivity contribution >= 4 is 17.3 Å². The van der Waals surface area contributed by atoms with Gasteiger partial charge >= 0.3 is 0 Å². The summed E-state index contributed by atoms with van der Waals surface area (Å²) in [7, 11) is 0. The van der Waals surface area contributed by atoms with Gasteiger partial charge in [-0.25, -0.2) is 0 Å². The van der Waals surface area contributed by atoms with Crippen LogP contribution >= 0.6 is 11.6 Å². The van der Waals surface area contributed by atoms with Gasteiger partial charge in [0.15, 0.2) is 0 Å². The lowest BCUT2D eigenvalue weighted by Crippen LogP contribution is -1.96. The second-order valence-corrected chi connectivity index (χ2v) is 3.45. The van der Waals surface area contributed by atoms with Crippen molar-refractivity contribution in [2.24, 2.45) is 0 Å². The molecule has 0 radical (unpaired) electrons. The summed E-state index contributed by atoms with van der Waals surface area (Å²) in [5.41, 5.74) is 3.14. The van der Waals surface area contributed by atoms with Gasteiger partial charge in [-0.05, 0) is 37.1 Å². The molecule has 0 unspecified atom stereocenters. The Balaban J connectivity index is 2.79. The van der Waals surface area contributed by atoms with Gasteiger partial charge in [0.2, 0.25) is 0 Å². The summed E-state index contributed by atoms with van der Waals surface area (Å²) in [6.45, 7) is 7.93. The van der Waals surface area contributed by atoms with Gasteiger partial charge in [0.1, 0.15) is 0 Å². The molecule has 0 aromatic heterocycles. The summed E-state index contributed by atoms with van der Waals surface area (Å²) in [6.07, 6.45) is 0.932. The molecule has 0 heterocycles. The molecule has 1 aromatic carbocycles. The van der Waals surface area contributed by atoms with Crippen LogP contribution in [0.15, 0.2) is 30.5 Å². The molecule has 1 aromatic rings. The number of anilines is 1. The summed E-state index contributed by atoms with van der Waals surface area (Å²) in [5, 5.41) is 4.01. The van der Waals surface area contributed by atoms with E-state index in [2.05, 4.69) is 18.8 Å². The van der Waals surface area contributed by atoms with E-state index in [9.17, 15) is 0 Å². The summed E-state index contributed by atoms with van der Waals surface area (Å²) < 4.78 is 0. The number of hydrogen-bond donors (Lipinski definition) is 1. The van der Waals surface area contributed by atoms with E-state index < -0.39 is 0 Å². The fourth-order valence-corrected chi connectivity index (χ4v) is 1.13. The Kier molecular flexibility index (Phi) is 3.38. The monoisotopic (exact) mass is 195 g/mol. The molecule has 0 bridgehead atoms. The van der Waals surface area contributed by atoms with E-state index in [0.717, 1.165) is 28.4 Å². The van der Waals surface area contributed by atoms with Crippen molar-refractivity contribution < 1.29 is 0 Å². The van der Waals surface area contributed by atoms with Crippen molar-refractivity contribution in [1.82, 2.24) is 0 Å². The summed E-state index contributed by atoms with van der Waals surface area (Å²) in [4.78, 5) is 0. The molecule has 0 aliphatic heterocycles. The van der Waals surface area contributed by atoms with Crippen LogP contribution in [0.5, 0.6) is 0 Å². The van der Waals surface area contributed by atoms with Gasteiger partial charge in [0.05, 0.1) is 0 Å². The predicted octanol–water partition coefficient (Wildman–Crippen LogP) is 3.98. The minimum atomic E-state index is 0.799. The molecule has 13 heavy (non-hydrogen) atoms. The number of rotatable bonds is 3. The minimum absolute atomic E-state index is 0.799. The molecule has 2 heteroatoms. The number of nitrogens with one attached hydrogen (secondary N) is 1. The summed E-state index contributed by atoms with van der Waals surface area (Å²) in [6, 6.07) is 5.86. The standard InChI is InChI=1S/C11H14ClN/c1-4-9(3)13-10-5-6-11(12)8(2)7-10/h5-7,13H,3-4H2,1-2H3. The minimum Gasteiger partial charge on any atom is -0.359 e. The second-order valence-electron chi connectivity index (χ2n) is 3.05. The highest BCUT2D eigenvalue weighted by Gasteiger charge is 1.97. The Morgan fingerprint density at radius 1 is 1.54 bits per heavy atom. The lowest BCUT2D eigenvalue weighted by atomic mass is 10.2. The smallest absolute Gasteiger partial charge is 0.0436 e. The van der Waals surface area contributed by atoms with Crippen molar-refractivity contribution in [3.63, 3.8) is 0 Å². The average molecular weight is 196 g/mol. The van der Waals surface area contributed by atoms with Gasteiger partial charge in [0, 0.05) is 16.4 Å². The zero-order chi connectivity index (χ0) is 9.84. The molecule has 0 saturated carbocycles. The Morgan fingerprint density at radius 2 is 2.23 bits per heavy atom. The van der Waals surface area contributed by atoms with Crippen molar-refractivity contribution in [1.29, 1.82) is 0 Å². The predicted molar refractivity (Wildman–Crippen MR) is 59.2 cm³/mol. The molecule has 0 saturated heterocycles. The average Bonchev–Trinajstić information content (AvgIpc) is 2.11. The van der Waals surface area contributed by atoms with Gasteiger partial charge in [-0.3, -0.25) is 0 Å². The number of aryl methyl sites for hydroxylation is 1. The number of hydrogen-bond acceptors (Lipinski definition) is 1. The van der Waals surface area contributed by atoms with Crippen LogP contribution in [0.2, 0.25) is 5.02 Å². The normalized spacial score (nSPS) is 9.77. The quantitative estimate of drug-likeness (QED) is 0.769. The third kappa shape index (κ3) is 2.78. The SMILES string of the molecule is C=C(CC)Nc1ccc(Cl)c(C)c1. The molecule has 0 amide bonds. The second kappa shape index (κ2) is 4.33. The Bertz CT molecular complexity index is 318. The first-order valence-electron chi connectivity index (χ1n) is 4.34. The molecule has 1 nitrogen and oxygen atoms in total. The van der Waals surface area contributed by atoms with Gasteiger partial charge in [-0.1, -0.05) is 25.1 Å². The highest BCUT2D eigenvalue weighted by atomic mass is 35.5. The van der Waals surface area contributed by atoms with Crippen LogP contribution in [0.4, 0.5) is 5.69 Å². The highest BCUT2D eigenvalue weighted by Crippen LogP contribution is 2.20. The fraction of sp³-hybridized carbons (Fsp3) is 0.273.